The van der Waals surface area contributed by atoms with Crippen molar-refractivity contribution >= 4 is 17.7 Å². The van der Waals surface area contributed by atoms with E-state index in [4.69, 9.17) is 0 Å². The fraction of sp³-hybridized carbons (Fsp3) is 0.412. The molecule has 1 amide bonds. The van der Waals surface area contributed by atoms with E-state index in [2.05, 4.69) is 51.7 Å². The minimum Gasteiger partial charge on any atom is -0.350 e. The lowest BCUT2D eigenvalue weighted by Crippen LogP contribution is -2.30. The second kappa shape index (κ2) is 7.66. The van der Waals surface area contributed by atoms with Crippen LogP contribution in [-0.4, -0.2) is 46.9 Å². The molecular formula is C17H22N4OS. The standard InChI is InChI=1S/C17H22N4OS/c1-21-9-7-15-14(11-21)16(20-19-15)17(22)18-8-10-23-12-13-5-3-2-4-6-13/h2-6H,7-12H2,1H3,(H,18,22)(H,19,20). The molecule has 1 aromatic carbocycles. The van der Waals surface area contributed by atoms with Crippen LogP contribution in [-0.2, 0) is 18.7 Å². The van der Waals surface area contributed by atoms with Gasteiger partial charge in [0.05, 0.1) is 0 Å². The Labute approximate surface area is 140 Å². The Bertz CT molecular complexity index is 656. The highest BCUT2D eigenvalue weighted by atomic mass is 32.2. The number of nitrogens with zero attached hydrogens (tertiary/aromatic N) is 2. The quantitative estimate of drug-likeness (QED) is 0.796. The molecule has 0 bridgehead atoms. The lowest BCUT2D eigenvalue weighted by Gasteiger charge is -2.22. The lowest BCUT2D eigenvalue weighted by molar-refractivity contribution is 0.0949. The molecule has 3 rings (SSSR count). The summed E-state index contributed by atoms with van der Waals surface area (Å²) in [5.74, 6) is 1.80. The van der Waals surface area contributed by atoms with Crippen molar-refractivity contribution in [3.05, 3.63) is 52.8 Å². The molecule has 1 aliphatic heterocycles. The summed E-state index contributed by atoms with van der Waals surface area (Å²) < 4.78 is 0. The molecule has 0 fully saturated rings. The average Bonchev–Trinajstić information content (AvgIpc) is 2.98. The van der Waals surface area contributed by atoms with Gasteiger partial charge < -0.3 is 10.2 Å². The lowest BCUT2D eigenvalue weighted by atomic mass is 10.1. The Morgan fingerprint density at radius 3 is 3.04 bits per heavy atom. The van der Waals surface area contributed by atoms with Crippen LogP contribution in [0.3, 0.4) is 0 Å². The number of benzene rings is 1. The summed E-state index contributed by atoms with van der Waals surface area (Å²) in [5, 5.41) is 10.2. The molecule has 122 valence electrons. The number of aromatic nitrogens is 2. The molecule has 0 spiro atoms. The Morgan fingerprint density at radius 2 is 2.22 bits per heavy atom. The van der Waals surface area contributed by atoms with Crippen LogP contribution >= 0.6 is 11.8 Å². The van der Waals surface area contributed by atoms with Gasteiger partial charge in [0.15, 0.2) is 5.69 Å². The third kappa shape index (κ3) is 4.14. The van der Waals surface area contributed by atoms with E-state index in [-0.39, 0.29) is 5.91 Å². The van der Waals surface area contributed by atoms with Crippen LogP contribution in [0.15, 0.2) is 30.3 Å². The van der Waals surface area contributed by atoms with E-state index in [1.165, 1.54) is 5.56 Å². The zero-order chi connectivity index (χ0) is 16.1. The van der Waals surface area contributed by atoms with Crippen molar-refractivity contribution in [2.24, 2.45) is 0 Å². The first-order valence-electron chi connectivity index (χ1n) is 7.88. The minimum absolute atomic E-state index is 0.0712. The van der Waals surface area contributed by atoms with Crippen LogP contribution < -0.4 is 5.32 Å². The molecule has 0 aliphatic carbocycles. The van der Waals surface area contributed by atoms with Crippen LogP contribution in [0.5, 0.6) is 0 Å². The first-order chi connectivity index (χ1) is 11.2. The van der Waals surface area contributed by atoms with Crippen LogP contribution in [0.2, 0.25) is 0 Å². The number of aromatic amines is 1. The number of hydrogen-bond acceptors (Lipinski definition) is 4. The normalized spacial score (nSPS) is 14.5. The monoisotopic (exact) mass is 330 g/mol. The summed E-state index contributed by atoms with van der Waals surface area (Å²) >= 11 is 1.82. The third-order valence-corrected chi connectivity index (χ3v) is 5.01. The highest BCUT2D eigenvalue weighted by molar-refractivity contribution is 7.98. The molecule has 2 N–H and O–H groups in total. The van der Waals surface area contributed by atoms with Crippen molar-refractivity contribution in [3.8, 4) is 0 Å². The fourth-order valence-electron chi connectivity index (χ4n) is 2.70. The van der Waals surface area contributed by atoms with E-state index < -0.39 is 0 Å². The molecule has 2 heterocycles. The SMILES string of the molecule is CN1CCc2[nH]nc(C(=O)NCCSCc3ccccc3)c2C1. The predicted octanol–water partition coefficient (Wildman–Crippen LogP) is 2.06. The number of H-pyrrole nitrogens is 1. The topological polar surface area (TPSA) is 61.0 Å². The van der Waals surface area contributed by atoms with Crippen LogP contribution in [0.25, 0.3) is 0 Å². The number of rotatable bonds is 6. The van der Waals surface area contributed by atoms with Gasteiger partial charge >= 0.3 is 0 Å². The number of carbonyl (C=O) groups excluding carboxylic acids is 1. The Morgan fingerprint density at radius 1 is 1.39 bits per heavy atom. The van der Waals surface area contributed by atoms with Crippen molar-refractivity contribution in [3.63, 3.8) is 0 Å². The number of hydrogen-bond donors (Lipinski definition) is 2. The second-order valence-electron chi connectivity index (χ2n) is 5.81. The van der Waals surface area contributed by atoms with Gasteiger partial charge in [-0.3, -0.25) is 9.89 Å². The number of amides is 1. The van der Waals surface area contributed by atoms with Crippen molar-refractivity contribution in [1.82, 2.24) is 20.4 Å². The summed E-state index contributed by atoms with van der Waals surface area (Å²) in [6, 6.07) is 10.4. The van der Waals surface area contributed by atoms with E-state index in [0.29, 0.717) is 12.2 Å². The molecule has 1 aliphatic rings. The second-order valence-corrected chi connectivity index (χ2v) is 6.92. The maximum absolute atomic E-state index is 12.3. The third-order valence-electron chi connectivity index (χ3n) is 3.98. The van der Waals surface area contributed by atoms with Gasteiger partial charge in [-0.05, 0) is 12.6 Å². The number of nitrogens with one attached hydrogen (secondary N) is 2. The van der Waals surface area contributed by atoms with Crippen molar-refractivity contribution in [1.29, 1.82) is 0 Å². The van der Waals surface area contributed by atoms with E-state index in [9.17, 15) is 4.79 Å². The van der Waals surface area contributed by atoms with Gasteiger partial charge in [-0.2, -0.15) is 16.9 Å². The zero-order valence-corrected chi connectivity index (χ0v) is 14.2. The summed E-state index contributed by atoms with van der Waals surface area (Å²) in [6.45, 7) is 2.46. The Balaban J connectivity index is 1.44. The molecule has 5 nitrogen and oxygen atoms in total. The van der Waals surface area contributed by atoms with Crippen LogP contribution in [0.1, 0.15) is 27.3 Å². The molecule has 23 heavy (non-hydrogen) atoms. The number of carbonyl (C=O) groups is 1. The first-order valence-corrected chi connectivity index (χ1v) is 9.04. The highest BCUT2D eigenvalue weighted by Crippen LogP contribution is 2.19. The summed E-state index contributed by atoms with van der Waals surface area (Å²) in [4.78, 5) is 14.5. The van der Waals surface area contributed by atoms with Crippen molar-refractivity contribution < 1.29 is 4.79 Å². The molecular weight excluding hydrogens is 308 g/mol. The van der Waals surface area contributed by atoms with Gasteiger partial charge in [0.1, 0.15) is 0 Å². The minimum atomic E-state index is -0.0712. The number of thioether (sulfide) groups is 1. The Hall–Kier alpha value is -1.79. The molecule has 0 atom stereocenters. The Kier molecular flexibility index (Phi) is 5.35. The van der Waals surface area contributed by atoms with E-state index in [0.717, 1.165) is 42.3 Å². The van der Waals surface area contributed by atoms with Gasteiger partial charge in [0, 0.05) is 48.8 Å². The van der Waals surface area contributed by atoms with Gasteiger partial charge in [-0.15, -0.1) is 0 Å². The molecule has 0 radical (unpaired) electrons. The highest BCUT2D eigenvalue weighted by Gasteiger charge is 2.23. The largest absolute Gasteiger partial charge is 0.350 e. The molecule has 0 saturated heterocycles. The molecule has 2 aromatic rings. The van der Waals surface area contributed by atoms with Gasteiger partial charge in [0.2, 0.25) is 0 Å². The maximum Gasteiger partial charge on any atom is 0.272 e. The smallest absolute Gasteiger partial charge is 0.272 e. The molecule has 6 heteroatoms. The van der Waals surface area contributed by atoms with E-state index >= 15 is 0 Å². The van der Waals surface area contributed by atoms with Gasteiger partial charge in [-0.25, -0.2) is 0 Å². The zero-order valence-electron chi connectivity index (χ0n) is 13.3. The van der Waals surface area contributed by atoms with Crippen LogP contribution in [0.4, 0.5) is 0 Å². The predicted molar refractivity (Wildman–Crippen MR) is 93.6 cm³/mol. The van der Waals surface area contributed by atoms with Crippen molar-refractivity contribution in [2.75, 3.05) is 25.9 Å². The van der Waals surface area contributed by atoms with Gasteiger partial charge in [0.25, 0.3) is 5.91 Å². The summed E-state index contributed by atoms with van der Waals surface area (Å²) in [6.07, 6.45) is 0.930. The maximum atomic E-state index is 12.3. The molecule has 1 aromatic heterocycles. The molecule has 0 unspecified atom stereocenters. The first kappa shape index (κ1) is 16.1. The fourth-order valence-corrected chi connectivity index (χ4v) is 3.52. The van der Waals surface area contributed by atoms with Crippen LogP contribution in [0, 0.1) is 0 Å². The summed E-state index contributed by atoms with van der Waals surface area (Å²) in [5.41, 5.74) is 4.02. The van der Waals surface area contributed by atoms with Gasteiger partial charge in [-0.1, -0.05) is 30.3 Å². The van der Waals surface area contributed by atoms with Crippen molar-refractivity contribution in [2.45, 2.75) is 18.7 Å². The number of fused-ring (bicyclic) bond motifs is 1. The molecule has 0 saturated carbocycles. The van der Waals surface area contributed by atoms with E-state index in [1.54, 1.807) is 0 Å². The summed E-state index contributed by atoms with van der Waals surface area (Å²) in [7, 11) is 2.07. The average molecular weight is 330 g/mol. The van der Waals surface area contributed by atoms with E-state index in [1.807, 2.05) is 17.8 Å². The number of likely N-dealkylation sites (N-methyl/N-ethyl adjacent to an activating group) is 1.